The fourth-order valence-corrected chi connectivity index (χ4v) is 1.47. The Hall–Kier alpha value is -2.38. The van der Waals surface area contributed by atoms with Gasteiger partial charge in [-0.25, -0.2) is 4.79 Å². The third-order valence-corrected chi connectivity index (χ3v) is 2.32. The van der Waals surface area contributed by atoms with E-state index in [9.17, 15) is 19.2 Å². The Labute approximate surface area is 122 Å². The standard InChI is InChI=1S/C13H19N3O5/c1-13(2,3)21-12(20)15-7-6-14-9(17)8-16-10(18)4-5-11(16)19/h4-5H,6-8H2,1-3H3,(H,14,17)(H,15,20). The topological polar surface area (TPSA) is 105 Å². The average molecular weight is 297 g/mol. The monoisotopic (exact) mass is 297 g/mol. The lowest BCUT2D eigenvalue weighted by Crippen LogP contribution is -2.43. The molecule has 4 amide bonds. The van der Waals surface area contributed by atoms with Crippen LogP contribution in [0.2, 0.25) is 0 Å². The largest absolute Gasteiger partial charge is 0.444 e. The first-order valence-electron chi connectivity index (χ1n) is 6.46. The molecule has 1 aliphatic heterocycles. The van der Waals surface area contributed by atoms with Crippen molar-refractivity contribution in [3.8, 4) is 0 Å². The summed E-state index contributed by atoms with van der Waals surface area (Å²) in [7, 11) is 0. The fourth-order valence-electron chi connectivity index (χ4n) is 1.47. The van der Waals surface area contributed by atoms with Crippen molar-refractivity contribution in [3.05, 3.63) is 12.2 Å². The molecule has 1 rings (SSSR count). The Balaban J connectivity index is 2.18. The van der Waals surface area contributed by atoms with E-state index in [4.69, 9.17) is 4.74 Å². The van der Waals surface area contributed by atoms with Gasteiger partial charge in [0.2, 0.25) is 5.91 Å². The maximum atomic E-state index is 11.5. The highest BCUT2D eigenvalue weighted by molar-refractivity contribution is 6.14. The molecule has 0 spiro atoms. The normalized spacial score (nSPS) is 14.3. The molecular weight excluding hydrogens is 278 g/mol. The van der Waals surface area contributed by atoms with Gasteiger partial charge in [-0.2, -0.15) is 0 Å². The second-order valence-electron chi connectivity index (χ2n) is 5.37. The van der Waals surface area contributed by atoms with E-state index in [-0.39, 0.29) is 19.6 Å². The summed E-state index contributed by atoms with van der Waals surface area (Å²) in [5.74, 6) is -1.50. The van der Waals surface area contributed by atoms with E-state index in [2.05, 4.69) is 10.6 Å². The summed E-state index contributed by atoms with van der Waals surface area (Å²) < 4.78 is 5.01. The zero-order valence-electron chi connectivity index (χ0n) is 12.3. The van der Waals surface area contributed by atoms with Gasteiger partial charge in [0, 0.05) is 25.2 Å². The second-order valence-corrected chi connectivity index (χ2v) is 5.37. The van der Waals surface area contributed by atoms with Gasteiger partial charge in [-0.1, -0.05) is 0 Å². The summed E-state index contributed by atoms with van der Waals surface area (Å²) >= 11 is 0. The molecular formula is C13H19N3O5. The van der Waals surface area contributed by atoms with Gasteiger partial charge in [0.25, 0.3) is 11.8 Å². The quantitative estimate of drug-likeness (QED) is 0.528. The molecule has 21 heavy (non-hydrogen) atoms. The molecule has 8 nitrogen and oxygen atoms in total. The molecule has 116 valence electrons. The van der Waals surface area contributed by atoms with Crippen LogP contribution >= 0.6 is 0 Å². The minimum Gasteiger partial charge on any atom is -0.444 e. The number of rotatable bonds is 5. The lowest BCUT2D eigenvalue weighted by atomic mass is 10.2. The van der Waals surface area contributed by atoms with E-state index in [1.165, 1.54) is 0 Å². The van der Waals surface area contributed by atoms with Crippen molar-refractivity contribution >= 4 is 23.8 Å². The summed E-state index contributed by atoms with van der Waals surface area (Å²) in [4.78, 5) is 46.2. The highest BCUT2D eigenvalue weighted by atomic mass is 16.6. The minimum atomic E-state index is -0.587. The van der Waals surface area contributed by atoms with Gasteiger partial charge in [-0.15, -0.1) is 0 Å². The Morgan fingerprint density at radius 3 is 2.14 bits per heavy atom. The molecule has 2 N–H and O–H groups in total. The molecule has 8 heteroatoms. The predicted molar refractivity (Wildman–Crippen MR) is 73.1 cm³/mol. The molecule has 0 aromatic heterocycles. The molecule has 0 atom stereocenters. The second kappa shape index (κ2) is 6.87. The van der Waals surface area contributed by atoms with Crippen molar-refractivity contribution in [2.45, 2.75) is 26.4 Å². The number of hydrogen-bond acceptors (Lipinski definition) is 5. The van der Waals surface area contributed by atoms with Crippen molar-refractivity contribution in [2.24, 2.45) is 0 Å². The SMILES string of the molecule is CC(C)(C)OC(=O)NCCNC(=O)CN1C(=O)C=CC1=O. The highest BCUT2D eigenvalue weighted by Crippen LogP contribution is 2.06. The Morgan fingerprint density at radius 1 is 1.10 bits per heavy atom. The van der Waals surface area contributed by atoms with Gasteiger partial charge in [0.05, 0.1) is 0 Å². The van der Waals surface area contributed by atoms with Gasteiger partial charge in [-0.05, 0) is 20.8 Å². The van der Waals surface area contributed by atoms with E-state index in [0.29, 0.717) is 0 Å². The van der Waals surface area contributed by atoms with Gasteiger partial charge < -0.3 is 15.4 Å². The summed E-state index contributed by atoms with van der Waals surface area (Å²) in [6, 6.07) is 0. The molecule has 1 heterocycles. The molecule has 1 aliphatic rings. The van der Waals surface area contributed by atoms with Crippen LogP contribution in [0, 0.1) is 0 Å². The zero-order valence-corrected chi connectivity index (χ0v) is 12.3. The number of alkyl carbamates (subject to hydrolysis) is 1. The Kier molecular flexibility index (Phi) is 5.45. The van der Waals surface area contributed by atoms with E-state index in [0.717, 1.165) is 17.1 Å². The van der Waals surface area contributed by atoms with Gasteiger partial charge in [-0.3, -0.25) is 19.3 Å². The highest BCUT2D eigenvalue weighted by Gasteiger charge is 2.25. The van der Waals surface area contributed by atoms with Crippen molar-refractivity contribution in [1.82, 2.24) is 15.5 Å². The van der Waals surface area contributed by atoms with Crippen molar-refractivity contribution < 1.29 is 23.9 Å². The van der Waals surface area contributed by atoms with Crippen LogP contribution in [-0.4, -0.2) is 54.0 Å². The number of nitrogens with one attached hydrogen (secondary N) is 2. The van der Waals surface area contributed by atoms with Crippen molar-refractivity contribution in [1.29, 1.82) is 0 Å². The third-order valence-electron chi connectivity index (χ3n) is 2.32. The smallest absolute Gasteiger partial charge is 0.407 e. The van der Waals surface area contributed by atoms with Crippen molar-refractivity contribution in [2.75, 3.05) is 19.6 Å². The van der Waals surface area contributed by atoms with Crippen LogP contribution in [0.4, 0.5) is 4.79 Å². The van der Waals surface area contributed by atoms with Crippen LogP contribution in [0.25, 0.3) is 0 Å². The molecule has 0 saturated heterocycles. The van der Waals surface area contributed by atoms with E-state index in [1.807, 2.05) is 0 Å². The molecule has 0 unspecified atom stereocenters. The number of imide groups is 1. The fraction of sp³-hybridized carbons (Fsp3) is 0.538. The third kappa shape index (κ3) is 6.07. The van der Waals surface area contributed by atoms with Crippen molar-refractivity contribution in [3.63, 3.8) is 0 Å². The number of hydrogen-bond donors (Lipinski definition) is 2. The molecule has 0 fully saturated rings. The number of amides is 4. The predicted octanol–water partition coefficient (Wildman–Crippen LogP) is -0.448. The molecule has 0 aromatic rings. The number of carbonyl (C=O) groups is 4. The van der Waals surface area contributed by atoms with Crippen LogP contribution in [0.1, 0.15) is 20.8 Å². The summed E-state index contributed by atoms with van der Waals surface area (Å²) in [5, 5.41) is 4.96. The van der Waals surface area contributed by atoms with Gasteiger partial charge >= 0.3 is 6.09 Å². The first-order chi connectivity index (χ1) is 9.69. The average Bonchev–Trinajstić information content (AvgIpc) is 2.64. The molecule has 0 bridgehead atoms. The number of carbonyl (C=O) groups excluding carboxylic acids is 4. The summed E-state index contributed by atoms with van der Waals surface area (Å²) in [6.45, 7) is 5.24. The minimum absolute atomic E-state index is 0.168. The summed E-state index contributed by atoms with van der Waals surface area (Å²) in [5.41, 5.74) is -0.587. The van der Waals surface area contributed by atoms with E-state index in [1.54, 1.807) is 20.8 Å². The summed E-state index contributed by atoms with van der Waals surface area (Å²) in [6.07, 6.45) is 1.64. The van der Waals surface area contributed by atoms with Crippen LogP contribution in [0.3, 0.4) is 0 Å². The molecule has 0 aliphatic carbocycles. The van der Waals surface area contributed by atoms with E-state index >= 15 is 0 Å². The zero-order chi connectivity index (χ0) is 16.0. The Morgan fingerprint density at radius 2 is 1.62 bits per heavy atom. The van der Waals surface area contributed by atoms with Crippen LogP contribution in [0.5, 0.6) is 0 Å². The lowest BCUT2D eigenvalue weighted by Gasteiger charge is -2.19. The maximum absolute atomic E-state index is 11.5. The first kappa shape index (κ1) is 16.7. The molecule has 0 saturated carbocycles. The van der Waals surface area contributed by atoms with Gasteiger partial charge in [0.15, 0.2) is 0 Å². The van der Waals surface area contributed by atoms with Crippen LogP contribution in [0.15, 0.2) is 12.2 Å². The molecule has 0 aromatic carbocycles. The van der Waals surface area contributed by atoms with Gasteiger partial charge in [0.1, 0.15) is 12.1 Å². The number of ether oxygens (including phenoxy) is 1. The van der Waals surface area contributed by atoms with E-state index < -0.39 is 29.4 Å². The first-order valence-corrected chi connectivity index (χ1v) is 6.46. The maximum Gasteiger partial charge on any atom is 0.407 e. The Bertz CT molecular complexity index is 461. The number of nitrogens with zero attached hydrogens (tertiary/aromatic N) is 1. The lowest BCUT2D eigenvalue weighted by molar-refractivity contribution is -0.141. The molecule has 0 radical (unpaired) electrons. The van der Waals surface area contributed by atoms with Crippen LogP contribution < -0.4 is 10.6 Å². The van der Waals surface area contributed by atoms with Crippen LogP contribution in [-0.2, 0) is 19.1 Å².